The number of unbranched alkanes of at least 4 members (excludes halogenated alkanes) is 9. The molecule has 2 heteroatoms. The summed E-state index contributed by atoms with van der Waals surface area (Å²) in [6.45, 7) is 3.25. The van der Waals surface area contributed by atoms with Crippen LogP contribution in [0.3, 0.4) is 0 Å². The number of aryl methyl sites for hydroxylation is 1. The van der Waals surface area contributed by atoms with Crippen molar-refractivity contribution in [2.45, 2.75) is 84.1 Å². The molecule has 0 saturated carbocycles. The highest BCUT2D eigenvalue weighted by molar-refractivity contribution is 5.22. The van der Waals surface area contributed by atoms with E-state index in [0.29, 0.717) is 0 Å². The lowest BCUT2D eigenvalue weighted by atomic mass is 10.0. The predicted octanol–water partition coefficient (Wildman–Crippen LogP) is 3.49. The van der Waals surface area contributed by atoms with E-state index in [1.807, 2.05) is 0 Å². The Hall–Kier alpha value is -0.900. The Morgan fingerprint density at radius 3 is 1.69 bits per heavy atom. The van der Waals surface area contributed by atoms with Crippen molar-refractivity contribution in [1.82, 2.24) is 0 Å². The van der Waals surface area contributed by atoms with Crippen molar-refractivity contribution in [2.75, 3.05) is 0 Å². The van der Waals surface area contributed by atoms with E-state index >= 15 is 0 Å². The summed E-state index contributed by atoms with van der Waals surface area (Å²) in [4.78, 5) is 0. The highest BCUT2D eigenvalue weighted by Gasteiger charge is 2.01. The second-order valence-electron chi connectivity index (χ2n) is 7.30. The molecule has 0 atom stereocenters. The SMILES string of the molecule is CCCCCCCCCCCCc1ccc(C[n+]2ccccc2)cc1.[I-]. The van der Waals surface area contributed by atoms with E-state index in [4.69, 9.17) is 0 Å². The highest BCUT2D eigenvalue weighted by Crippen LogP contribution is 2.13. The molecule has 0 fully saturated rings. The molecule has 2 aromatic rings. The fourth-order valence-corrected chi connectivity index (χ4v) is 3.38. The minimum Gasteiger partial charge on any atom is -1.00 e. The summed E-state index contributed by atoms with van der Waals surface area (Å²) in [5.41, 5.74) is 2.87. The van der Waals surface area contributed by atoms with Gasteiger partial charge in [-0.15, -0.1) is 0 Å². The van der Waals surface area contributed by atoms with Gasteiger partial charge >= 0.3 is 0 Å². The van der Waals surface area contributed by atoms with Gasteiger partial charge in [0.1, 0.15) is 0 Å². The Balaban J connectivity index is 0.00000338. The maximum atomic E-state index is 2.31. The molecule has 0 aliphatic heterocycles. The molecule has 0 spiro atoms. The molecule has 0 amide bonds. The Morgan fingerprint density at radius 2 is 1.12 bits per heavy atom. The van der Waals surface area contributed by atoms with Gasteiger partial charge in [-0.3, -0.25) is 0 Å². The summed E-state index contributed by atoms with van der Waals surface area (Å²) in [6, 6.07) is 15.4. The highest BCUT2D eigenvalue weighted by atomic mass is 127. The van der Waals surface area contributed by atoms with Crippen LogP contribution in [0.25, 0.3) is 0 Å². The summed E-state index contributed by atoms with van der Waals surface area (Å²) in [5, 5.41) is 0. The van der Waals surface area contributed by atoms with E-state index in [2.05, 4.69) is 66.3 Å². The van der Waals surface area contributed by atoms with Crippen LogP contribution >= 0.6 is 0 Å². The van der Waals surface area contributed by atoms with Gasteiger partial charge in [0.05, 0.1) is 0 Å². The lowest BCUT2D eigenvalue weighted by Gasteiger charge is -2.04. The first-order valence-corrected chi connectivity index (χ1v) is 10.4. The van der Waals surface area contributed by atoms with E-state index in [1.165, 1.54) is 81.8 Å². The molecule has 0 radical (unpaired) electrons. The molecule has 26 heavy (non-hydrogen) atoms. The zero-order valence-electron chi connectivity index (χ0n) is 16.5. The number of aromatic nitrogens is 1. The lowest BCUT2D eigenvalue weighted by Crippen LogP contribution is -3.00. The number of nitrogens with zero attached hydrogens (tertiary/aromatic N) is 1. The average molecular weight is 465 g/mol. The summed E-state index contributed by atoms with van der Waals surface area (Å²) in [5.74, 6) is 0. The Labute approximate surface area is 178 Å². The molecule has 0 saturated heterocycles. The lowest BCUT2D eigenvalue weighted by molar-refractivity contribution is -0.688. The van der Waals surface area contributed by atoms with Crippen molar-refractivity contribution in [3.05, 3.63) is 66.0 Å². The normalized spacial score (nSPS) is 10.5. The second-order valence-corrected chi connectivity index (χ2v) is 7.30. The van der Waals surface area contributed by atoms with Crippen LogP contribution in [0.5, 0.6) is 0 Å². The molecule has 0 aliphatic rings. The van der Waals surface area contributed by atoms with Gasteiger partial charge in [-0.25, -0.2) is 4.57 Å². The summed E-state index contributed by atoms with van der Waals surface area (Å²) < 4.78 is 2.22. The van der Waals surface area contributed by atoms with Crippen LogP contribution in [0.2, 0.25) is 0 Å². The number of halogens is 1. The maximum absolute atomic E-state index is 2.31. The Bertz CT molecular complexity index is 550. The third-order valence-corrected chi connectivity index (χ3v) is 4.98. The quantitative estimate of drug-likeness (QED) is 0.242. The topological polar surface area (TPSA) is 3.88 Å². The van der Waals surface area contributed by atoms with Crippen LogP contribution in [0.1, 0.15) is 82.3 Å². The zero-order valence-corrected chi connectivity index (χ0v) is 18.7. The van der Waals surface area contributed by atoms with Gasteiger partial charge in [0.15, 0.2) is 18.9 Å². The molecule has 1 aromatic heterocycles. The third kappa shape index (κ3) is 10.3. The number of benzene rings is 1. The molecule has 0 N–H and O–H groups in total. The predicted molar refractivity (Wildman–Crippen MR) is 108 cm³/mol. The molecule has 0 aliphatic carbocycles. The van der Waals surface area contributed by atoms with Crippen LogP contribution < -0.4 is 28.5 Å². The van der Waals surface area contributed by atoms with Crippen molar-refractivity contribution in [3.63, 3.8) is 0 Å². The largest absolute Gasteiger partial charge is 1.00 e. The molecular formula is C24H36IN. The number of hydrogen-bond acceptors (Lipinski definition) is 0. The van der Waals surface area contributed by atoms with Crippen molar-refractivity contribution in [2.24, 2.45) is 0 Å². The molecule has 1 nitrogen and oxygen atoms in total. The number of pyridine rings is 1. The summed E-state index contributed by atoms with van der Waals surface area (Å²) >= 11 is 0. The number of hydrogen-bond donors (Lipinski definition) is 0. The van der Waals surface area contributed by atoms with E-state index in [-0.39, 0.29) is 24.0 Å². The van der Waals surface area contributed by atoms with Gasteiger partial charge in [-0.2, -0.15) is 0 Å². The standard InChI is InChI=1S/C24H36N.HI/c1-2-3-4-5-6-7-8-9-10-12-15-23-16-18-24(19-17-23)22-25-20-13-11-14-21-25;/h11,13-14,16-21H,2-10,12,15,22H2,1H3;1H/q+1;/p-1. The minimum absolute atomic E-state index is 0. The fraction of sp³-hybridized carbons (Fsp3) is 0.542. The smallest absolute Gasteiger partial charge is 0.173 e. The first kappa shape index (κ1) is 23.1. The summed E-state index contributed by atoms with van der Waals surface area (Å²) in [7, 11) is 0. The van der Waals surface area contributed by atoms with E-state index < -0.39 is 0 Å². The van der Waals surface area contributed by atoms with Crippen molar-refractivity contribution < 1.29 is 28.5 Å². The van der Waals surface area contributed by atoms with Crippen molar-refractivity contribution in [3.8, 4) is 0 Å². The second kappa shape index (κ2) is 15.2. The zero-order chi connectivity index (χ0) is 17.6. The first-order chi connectivity index (χ1) is 12.4. The van der Waals surface area contributed by atoms with Gasteiger partial charge < -0.3 is 24.0 Å². The van der Waals surface area contributed by atoms with Gasteiger partial charge in [0.2, 0.25) is 0 Å². The van der Waals surface area contributed by atoms with Crippen molar-refractivity contribution in [1.29, 1.82) is 0 Å². The third-order valence-electron chi connectivity index (χ3n) is 4.98. The molecule has 0 bridgehead atoms. The van der Waals surface area contributed by atoms with Gasteiger partial charge in [0.25, 0.3) is 0 Å². The van der Waals surface area contributed by atoms with E-state index in [0.717, 1.165) is 6.54 Å². The summed E-state index contributed by atoms with van der Waals surface area (Å²) in [6.07, 6.45) is 19.6. The molecule has 0 unspecified atom stereocenters. The molecule has 144 valence electrons. The molecule has 1 aromatic carbocycles. The molecular weight excluding hydrogens is 429 g/mol. The van der Waals surface area contributed by atoms with Crippen LogP contribution in [0.4, 0.5) is 0 Å². The Morgan fingerprint density at radius 1 is 0.615 bits per heavy atom. The van der Waals surface area contributed by atoms with Crippen LogP contribution in [0, 0.1) is 0 Å². The average Bonchev–Trinajstić information content (AvgIpc) is 2.65. The fourth-order valence-electron chi connectivity index (χ4n) is 3.38. The monoisotopic (exact) mass is 465 g/mol. The van der Waals surface area contributed by atoms with Crippen molar-refractivity contribution >= 4 is 0 Å². The maximum Gasteiger partial charge on any atom is 0.173 e. The molecule has 2 rings (SSSR count). The Kier molecular flexibility index (Phi) is 13.5. The van der Waals surface area contributed by atoms with Gasteiger partial charge in [0, 0.05) is 17.7 Å². The van der Waals surface area contributed by atoms with E-state index in [1.54, 1.807) is 0 Å². The van der Waals surface area contributed by atoms with Gasteiger partial charge in [-0.05, 0) is 18.4 Å². The van der Waals surface area contributed by atoms with Gasteiger partial charge in [-0.1, -0.05) is 95.0 Å². The molecule has 1 heterocycles. The first-order valence-electron chi connectivity index (χ1n) is 10.4. The van der Waals surface area contributed by atoms with Crippen LogP contribution in [-0.2, 0) is 13.0 Å². The van der Waals surface area contributed by atoms with Crippen LogP contribution in [0.15, 0.2) is 54.9 Å². The van der Waals surface area contributed by atoms with E-state index in [9.17, 15) is 0 Å². The number of rotatable bonds is 13. The van der Waals surface area contributed by atoms with Crippen LogP contribution in [-0.4, -0.2) is 0 Å². The minimum atomic E-state index is 0.